The highest BCUT2D eigenvalue weighted by Crippen LogP contribution is 2.21. The van der Waals surface area contributed by atoms with Gasteiger partial charge >= 0.3 is 0 Å². The minimum atomic E-state index is -0.181. The van der Waals surface area contributed by atoms with Gasteiger partial charge in [0.15, 0.2) is 0 Å². The molecule has 2 rings (SSSR count). The van der Waals surface area contributed by atoms with E-state index >= 15 is 0 Å². The fourth-order valence-corrected chi connectivity index (χ4v) is 2.18. The van der Waals surface area contributed by atoms with Crippen LogP contribution in [0.4, 0.5) is 11.5 Å². The van der Waals surface area contributed by atoms with Crippen molar-refractivity contribution < 1.29 is 4.79 Å². The molecule has 0 spiro atoms. The number of carbonyl (C=O) groups is 1. The van der Waals surface area contributed by atoms with Crippen molar-refractivity contribution in [3.05, 3.63) is 52.6 Å². The zero-order chi connectivity index (χ0) is 15.9. The second-order valence-corrected chi connectivity index (χ2v) is 5.95. The Balaban J connectivity index is 1.95. The lowest BCUT2D eigenvalue weighted by atomic mass is 10.2. The summed E-state index contributed by atoms with van der Waals surface area (Å²) in [6, 6.07) is 11.1. The summed E-state index contributed by atoms with van der Waals surface area (Å²) in [5.74, 6) is 0.582. The molecule has 0 aliphatic heterocycles. The molecule has 0 aliphatic rings. The van der Waals surface area contributed by atoms with Gasteiger partial charge in [-0.1, -0.05) is 12.1 Å². The summed E-state index contributed by atoms with van der Waals surface area (Å²) in [6.45, 7) is 1.73. The SMILES string of the molecule is CN(C)CCNc1ccc(C(=O)Nc2ccccc2Br)cn1. The molecule has 0 saturated heterocycles. The molecule has 2 N–H and O–H groups in total. The van der Waals surface area contributed by atoms with E-state index in [4.69, 9.17) is 0 Å². The van der Waals surface area contributed by atoms with E-state index in [0.717, 1.165) is 29.1 Å². The highest BCUT2D eigenvalue weighted by molar-refractivity contribution is 9.10. The predicted octanol–water partition coefficient (Wildman–Crippen LogP) is 3.07. The lowest BCUT2D eigenvalue weighted by molar-refractivity contribution is 0.102. The van der Waals surface area contributed by atoms with Crippen LogP contribution in [0.15, 0.2) is 47.1 Å². The van der Waals surface area contributed by atoms with Crippen molar-refractivity contribution in [1.82, 2.24) is 9.88 Å². The Bertz CT molecular complexity index is 628. The Hall–Kier alpha value is -1.92. The Morgan fingerprint density at radius 1 is 1.23 bits per heavy atom. The Labute approximate surface area is 138 Å². The average molecular weight is 363 g/mol. The number of pyridine rings is 1. The van der Waals surface area contributed by atoms with Crippen molar-refractivity contribution in [3.8, 4) is 0 Å². The van der Waals surface area contributed by atoms with Crippen LogP contribution in [0.3, 0.4) is 0 Å². The molecule has 116 valence electrons. The van der Waals surface area contributed by atoms with Gasteiger partial charge in [-0.3, -0.25) is 4.79 Å². The van der Waals surface area contributed by atoms with E-state index in [1.165, 1.54) is 0 Å². The molecule has 1 aromatic carbocycles. The highest BCUT2D eigenvalue weighted by Gasteiger charge is 2.08. The third kappa shape index (κ3) is 4.82. The summed E-state index contributed by atoms with van der Waals surface area (Å²) in [4.78, 5) is 18.5. The lowest BCUT2D eigenvalue weighted by Gasteiger charge is -2.11. The molecule has 0 aliphatic carbocycles. The quantitative estimate of drug-likeness (QED) is 0.828. The van der Waals surface area contributed by atoms with E-state index in [2.05, 4.69) is 36.4 Å². The maximum atomic E-state index is 12.2. The van der Waals surface area contributed by atoms with Crippen LogP contribution in [-0.2, 0) is 0 Å². The molecular formula is C16H19BrN4O. The number of anilines is 2. The number of aromatic nitrogens is 1. The van der Waals surface area contributed by atoms with E-state index in [1.54, 1.807) is 12.3 Å². The van der Waals surface area contributed by atoms with Crippen LogP contribution in [0.25, 0.3) is 0 Å². The van der Waals surface area contributed by atoms with Gasteiger partial charge in [0, 0.05) is 23.8 Å². The molecule has 1 amide bonds. The molecule has 1 aromatic heterocycles. The number of hydrogen-bond acceptors (Lipinski definition) is 4. The molecule has 0 saturated carbocycles. The van der Waals surface area contributed by atoms with Crippen LogP contribution < -0.4 is 10.6 Å². The third-order valence-electron chi connectivity index (χ3n) is 3.01. The van der Waals surface area contributed by atoms with Crippen LogP contribution in [0.1, 0.15) is 10.4 Å². The van der Waals surface area contributed by atoms with Crippen LogP contribution in [-0.4, -0.2) is 43.0 Å². The number of nitrogens with zero attached hydrogens (tertiary/aromatic N) is 2. The van der Waals surface area contributed by atoms with E-state index in [1.807, 2.05) is 44.4 Å². The smallest absolute Gasteiger partial charge is 0.257 e. The summed E-state index contributed by atoms with van der Waals surface area (Å²) >= 11 is 3.40. The molecule has 5 nitrogen and oxygen atoms in total. The molecule has 6 heteroatoms. The first-order chi connectivity index (χ1) is 10.6. The molecule has 2 aromatic rings. The topological polar surface area (TPSA) is 57.3 Å². The standard InChI is InChI=1S/C16H19BrN4O/c1-21(2)10-9-18-15-8-7-12(11-19-15)16(22)20-14-6-4-3-5-13(14)17/h3-8,11H,9-10H2,1-2H3,(H,18,19)(H,20,22). The van der Waals surface area contributed by atoms with Crippen molar-refractivity contribution in [1.29, 1.82) is 0 Å². The second-order valence-electron chi connectivity index (χ2n) is 5.10. The average Bonchev–Trinajstić information content (AvgIpc) is 2.50. The first-order valence-corrected chi connectivity index (χ1v) is 7.76. The molecule has 22 heavy (non-hydrogen) atoms. The van der Waals surface area contributed by atoms with E-state index in [0.29, 0.717) is 5.56 Å². The van der Waals surface area contributed by atoms with Crippen LogP contribution in [0, 0.1) is 0 Å². The van der Waals surface area contributed by atoms with Gasteiger partial charge < -0.3 is 15.5 Å². The Kier molecular flexibility index (Phi) is 5.91. The number of rotatable bonds is 6. The fourth-order valence-electron chi connectivity index (χ4n) is 1.80. The maximum Gasteiger partial charge on any atom is 0.257 e. The molecule has 0 radical (unpaired) electrons. The van der Waals surface area contributed by atoms with E-state index in [9.17, 15) is 4.79 Å². The number of benzene rings is 1. The minimum absolute atomic E-state index is 0.181. The minimum Gasteiger partial charge on any atom is -0.369 e. The normalized spacial score (nSPS) is 10.5. The number of carbonyl (C=O) groups excluding carboxylic acids is 1. The summed E-state index contributed by atoms with van der Waals surface area (Å²) in [5.41, 5.74) is 1.26. The Morgan fingerprint density at radius 3 is 2.64 bits per heavy atom. The maximum absolute atomic E-state index is 12.2. The van der Waals surface area contributed by atoms with Gasteiger partial charge in [-0.15, -0.1) is 0 Å². The fraction of sp³-hybridized carbons (Fsp3) is 0.250. The number of likely N-dealkylation sites (N-methyl/N-ethyl adjacent to an activating group) is 1. The molecule has 0 bridgehead atoms. The first kappa shape index (κ1) is 16.5. The van der Waals surface area contributed by atoms with Crippen molar-refractivity contribution in [2.45, 2.75) is 0 Å². The Morgan fingerprint density at radius 2 is 2.00 bits per heavy atom. The third-order valence-corrected chi connectivity index (χ3v) is 3.70. The van der Waals surface area contributed by atoms with Gasteiger partial charge in [0.25, 0.3) is 5.91 Å². The van der Waals surface area contributed by atoms with Crippen molar-refractivity contribution in [3.63, 3.8) is 0 Å². The predicted molar refractivity (Wildman–Crippen MR) is 93.4 cm³/mol. The molecule has 0 atom stereocenters. The molecule has 1 heterocycles. The first-order valence-electron chi connectivity index (χ1n) is 6.97. The van der Waals surface area contributed by atoms with Crippen LogP contribution in [0.5, 0.6) is 0 Å². The van der Waals surface area contributed by atoms with Gasteiger partial charge in [0.1, 0.15) is 5.82 Å². The lowest BCUT2D eigenvalue weighted by Crippen LogP contribution is -2.21. The zero-order valence-electron chi connectivity index (χ0n) is 12.6. The largest absolute Gasteiger partial charge is 0.369 e. The number of hydrogen-bond donors (Lipinski definition) is 2. The molecule has 0 fully saturated rings. The van der Waals surface area contributed by atoms with Gasteiger partial charge in [-0.2, -0.15) is 0 Å². The van der Waals surface area contributed by atoms with Crippen molar-refractivity contribution in [2.75, 3.05) is 37.8 Å². The van der Waals surface area contributed by atoms with Crippen molar-refractivity contribution in [2.24, 2.45) is 0 Å². The highest BCUT2D eigenvalue weighted by atomic mass is 79.9. The van der Waals surface area contributed by atoms with Gasteiger partial charge in [-0.25, -0.2) is 4.98 Å². The monoisotopic (exact) mass is 362 g/mol. The molecular weight excluding hydrogens is 344 g/mol. The van der Waals surface area contributed by atoms with Crippen molar-refractivity contribution >= 4 is 33.3 Å². The summed E-state index contributed by atoms with van der Waals surface area (Å²) in [7, 11) is 4.04. The van der Waals surface area contributed by atoms with Gasteiger partial charge in [0.05, 0.1) is 11.3 Å². The summed E-state index contributed by atoms with van der Waals surface area (Å²) < 4.78 is 0.846. The summed E-state index contributed by atoms with van der Waals surface area (Å²) in [6.07, 6.45) is 1.57. The van der Waals surface area contributed by atoms with Gasteiger partial charge in [0.2, 0.25) is 0 Å². The number of para-hydroxylation sites is 1. The second kappa shape index (κ2) is 7.91. The number of nitrogens with one attached hydrogen (secondary N) is 2. The van der Waals surface area contributed by atoms with E-state index < -0.39 is 0 Å². The van der Waals surface area contributed by atoms with Crippen LogP contribution in [0.2, 0.25) is 0 Å². The number of amides is 1. The van der Waals surface area contributed by atoms with Gasteiger partial charge in [-0.05, 0) is 54.3 Å². The summed E-state index contributed by atoms with van der Waals surface area (Å²) in [5, 5.41) is 6.06. The van der Waals surface area contributed by atoms with Crippen LogP contribution >= 0.6 is 15.9 Å². The number of halogens is 1. The molecule has 0 unspecified atom stereocenters. The van der Waals surface area contributed by atoms with E-state index in [-0.39, 0.29) is 5.91 Å². The zero-order valence-corrected chi connectivity index (χ0v) is 14.2.